The predicted octanol–water partition coefficient (Wildman–Crippen LogP) is 2.01. The Morgan fingerprint density at radius 1 is 1.59 bits per heavy atom. The van der Waals surface area contributed by atoms with Gasteiger partial charge in [-0.3, -0.25) is 10.1 Å². The minimum atomic E-state index is -0.934. The van der Waals surface area contributed by atoms with E-state index in [4.69, 9.17) is 0 Å². The van der Waals surface area contributed by atoms with Crippen LogP contribution in [0.15, 0.2) is 29.4 Å². The first-order valence-corrected chi connectivity index (χ1v) is 6.47. The number of hydrogen-bond donors (Lipinski definition) is 2. The molecular formula is C12H18N2O2S. The maximum Gasteiger partial charge on any atom is 0.324 e. The lowest BCUT2D eigenvalue weighted by Crippen LogP contribution is -2.54. The molecule has 0 aliphatic heterocycles. The molecule has 0 amide bonds. The van der Waals surface area contributed by atoms with Crippen LogP contribution in [-0.2, 0) is 4.79 Å². The Bertz CT molecular complexity index is 370. The van der Waals surface area contributed by atoms with Crippen molar-refractivity contribution in [2.75, 3.05) is 5.75 Å². The third-order valence-corrected chi connectivity index (χ3v) is 3.48. The van der Waals surface area contributed by atoms with E-state index >= 15 is 0 Å². The number of rotatable bonds is 6. The molecule has 0 bridgehead atoms. The summed E-state index contributed by atoms with van der Waals surface area (Å²) in [7, 11) is 0. The third-order valence-electron chi connectivity index (χ3n) is 2.23. The van der Waals surface area contributed by atoms with Crippen molar-refractivity contribution in [2.24, 2.45) is 0 Å². The van der Waals surface area contributed by atoms with Crippen molar-refractivity contribution >= 4 is 17.7 Å². The Morgan fingerprint density at radius 3 is 2.76 bits per heavy atom. The first-order valence-electron chi connectivity index (χ1n) is 5.49. The van der Waals surface area contributed by atoms with Crippen LogP contribution in [0.25, 0.3) is 0 Å². The standard InChI is InChI=1S/C12H18N2O2S/c1-9(2)14-12(3,11(15)16)8-17-10-6-4-5-7-13-10/h4-7,9,14H,8H2,1-3H3,(H,15,16). The van der Waals surface area contributed by atoms with E-state index in [1.165, 1.54) is 11.8 Å². The molecule has 1 aromatic heterocycles. The van der Waals surface area contributed by atoms with Crippen LogP contribution < -0.4 is 5.32 Å². The van der Waals surface area contributed by atoms with Crippen LogP contribution >= 0.6 is 11.8 Å². The molecular weight excluding hydrogens is 236 g/mol. The average Bonchev–Trinajstić information content (AvgIpc) is 2.27. The molecule has 0 aromatic carbocycles. The van der Waals surface area contributed by atoms with Crippen LogP contribution in [0.1, 0.15) is 20.8 Å². The van der Waals surface area contributed by atoms with Gasteiger partial charge in [0.2, 0.25) is 0 Å². The molecule has 1 atom stereocenters. The molecule has 94 valence electrons. The van der Waals surface area contributed by atoms with Gasteiger partial charge in [0.05, 0.1) is 5.03 Å². The first-order chi connectivity index (χ1) is 7.94. The highest BCUT2D eigenvalue weighted by Gasteiger charge is 2.33. The van der Waals surface area contributed by atoms with Gasteiger partial charge >= 0.3 is 5.97 Å². The fraction of sp³-hybridized carbons (Fsp3) is 0.500. The van der Waals surface area contributed by atoms with E-state index < -0.39 is 11.5 Å². The van der Waals surface area contributed by atoms with Gasteiger partial charge in [0.1, 0.15) is 5.54 Å². The zero-order chi connectivity index (χ0) is 12.9. The van der Waals surface area contributed by atoms with Gasteiger partial charge in [0.15, 0.2) is 0 Å². The number of aliphatic carboxylic acids is 1. The Labute approximate surface area is 106 Å². The van der Waals surface area contributed by atoms with E-state index in [1.807, 2.05) is 32.0 Å². The number of carboxylic acids is 1. The van der Waals surface area contributed by atoms with Crippen LogP contribution in [0.3, 0.4) is 0 Å². The normalized spacial score (nSPS) is 14.6. The van der Waals surface area contributed by atoms with Gasteiger partial charge in [-0.2, -0.15) is 0 Å². The highest BCUT2D eigenvalue weighted by atomic mass is 32.2. The average molecular weight is 254 g/mol. The minimum absolute atomic E-state index is 0.125. The van der Waals surface area contributed by atoms with E-state index in [-0.39, 0.29) is 6.04 Å². The molecule has 5 heteroatoms. The second-order valence-electron chi connectivity index (χ2n) is 4.39. The van der Waals surface area contributed by atoms with Crippen molar-refractivity contribution in [3.8, 4) is 0 Å². The number of aromatic nitrogens is 1. The molecule has 0 saturated heterocycles. The van der Waals surface area contributed by atoms with Gasteiger partial charge in [-0.05, 0) is 32.9 Å². The molecule has 1 heterocycles. The monoisotopic (exact) mass is 254 g/mol. The van der Waals surface area contributed by atoms with Gasteiger partial charge in [-0.25, -0.2) is 4.98 Å². The van der Waals surface area contributed by atoms with Crippen LogP contribution in [0, 0.1) is 0 Å². The summed E-state index contributed by atoms with van der Waals surface area (Å²) in [5, 5.41) is 13.2. The van der Waals surface area contributed by atoms with Crippen LogP contribution in [-0.4, -0.2) is 33.4 Å². The molecule has 0 fully saturated rings. The number of thioether (sulfide) groups is 1. The van der Waals surface area contributed by atoms with Crippen molar-refractivity contribution in [2.45, 2.75) is 37.4 Å². The van der Waals surface area contributed by atoms with E-state index in [2.05, 4.69) is 10.3 Å². The second kappa shape index (κ2) is 6.02. The molecule has 17 heavy (non-hydrogen) atoms. The molecule has 4 nitrogen and oxygen atoms in total. The molecule has 0 radical (unpaired) electrons. The topological polar surface area (TPSA) is 62.2 Å². The van der Waals surface area contributed by atoms with E-state index in [0.717, 1.165) is 5.03 Å². The Balaban J connectivity index is 2.65. The zero-order valence-corrected chi connectivity index (χ0v) is 11.1. The molecule has 0 spiro atoms. The summed E-state index contributed by atoms with van der Waals surface area (Å²) in [6.45, 7) is 5.57. The maximum absolute atomic E-state index is 11.3. The van der Waals surface area contributed by atoms with Crippen molar-refractivity contribution in [1.82, 2.24) is 10.3 Å². The number of carboxylic acid groups (broad SMARTS) is 1. The number of hydrogen-bond acceptors (Lipinski definition) is 4. The molecule has 1 unspecified atom stereocenters. The molecule has 0 aliphatic rings. The molecule has 1 rings (SSSR count). The number of nitrogens with one attached hydrogen (secondary N) is 1. The maximum atomic E-state index is 11.3. The summed E-state index contributed by atoms with van der Waals surface area (Å²) >= 11 is 1.44. The number of carbonyl (C=O) groups is 1. The fourth-order valence-corrected chi connectivity index (χ4v) is 2.41. The predicted molar refractivity (Wildman–Crippen MR) is 69.3 cm³/mol. The third kappa shape index (κ3) is 4.36. The summed E-state index contributed by atoms with van der Waals surface area (Å²) in [5.74, 6) is -0.396. The number of pyridine rings is 1. The molecule has 1 aromatic rings. The fourth-order valence-electron chi connectivity index (χ4n) is 1.45. The van der Waals surface area contributed by atoms with Crippen LogP contribution in [0.5, 0.6) is 0 Å². The second-order valence-corrected chi connectivity index (χ2v) is 5.39. The van der Waals surface area contributed by atoms with Crippen molar-refractivity contribution in [3.63, 3.8) is 0 Å². The summed E-state index contributed by atoms with van der Waals surface area (Å²) < 4.78 is 0. The molecule has 2 N–H and O–H groups in total. The molecule has 0 aliphatic carbocycles. The number of nitrogens with zero attached hydrogens (tertiary/aromatic N) is 1. The van der Waals surface area contributed by atoms with Gasteiger partial charge in [-0.1, -0.05) is 6.07 Å². The van der Waals surface area contributed by atoms with Gasteiger partial charge < -0.3 is 5.11 Å². The van der Waals surface area contributed by atoms with E-state index in [1.54, 1.807) is 13.1 Å². The Morgan fingerprint density at radius 2 is 2.29 bits per heavy atom. The minimum Gasteiger partial charge on any atom is -0.480 e. The van der Waals surface area contributed by atoms with Crippen LogP contribution in [0.4, 0.5) is 0 Å². The highest BCUT2D eigenvalue weighted by Crippen LogP contribution is 2.21. The quantitative estimate of drug-likeness (QED) is 0.760. The van der Waals surface area contributed by atoms with Gasteiger partial charge in [-0.15, -0.1) is 11.8 Å². The Kier molecular flexibility index (Phi) is 4.96. The van der Waals surface area contributed by atoms with Crippen molar-refractivity contribution in [3.05, 3.63) is 24.4 Å². The van der Waals surface area contributed by atoms with Crippen molar-refractivity contribution in [1.29, 1.82) is 0 Å². The smallest absolute Gasteiger partial charge is 0.324 e. The lowest BCUT2D eigenvalue weighted by molar-refractivity contribution is -0.143. The highest BCUT2D eigenvalue weighted by molar-refractivity contribution is 7.99. The first kappa shape index (κ1) is 14.0. The van der Waals surface area contributed by atoms with Gasteiger partial charge in [0.25, 0.3) is 0 Å². The summed E-state index contributed by atoms with van der Waals surface area (Å²) in [4.78, 5) is 15.4. The summed E-state index contributed by atoms with van der Waals surface area (Å²) in [5.41, 5.74) is -0.934. The summed E-state index contributed by atoms with van der Waals surface area (Å²) in [6.07, 6.45) is 1.70. The molecule has 0 saturated carbocycles. The van der Waals surface area contributed by atoms with Gasteiger partial charge in [0, 0.05) is 18.0 Å². The SMILES string of the molecule is CC(C)NC(C)(CSc1ccccn1)C(=O)O. The van der Waals surface area contributed by atoms with Crippen molar-refractivity contribution < 1.29 is 9.90 Å². The van der Waals surface area contributed by atoms with Crippen LogP contribution in [0.2, 0.25) is 0 Å². The largest absolute Gasteiger partial charge is 0.480 e. The Hall–Kier alpha value is -1.07. The lowest BCUT2D eigenvalue weighted by atomic mass is 10.1. The summed E-state index contributed by atoms with van der Waals surface area (Å²) in [6, 6.07) is 5.73. The van der Waals surface area contributed by atoms with E-state index in [9.17, 15) is 9.90 Å². The lowest BCUT2D eigenvalue weighted by Gasteiger charge is -2.28. The van der Waals surface area contributed by atoms with E-state index in [0.29, 0.717) is 5.75 Å². The zero-order valence-electron chi connectivity index (χ0n) is 10.3.